The van der Waals surface area contributed by atoms with Crippen LogP contribution >= 0.6 is 0 Å². The van der Waals surface area contributed by atoms with Gasteiger partial charge in [-0.25, -0.2) is 4.79 Å². The van der Waals surface area contributed by atoms with Crippen LogP contribution in [0, 0.1) is 0 Å². The lowest BCUT2D eigenvalue weighted by Gasteiger charge is -2.30. The maximum Gasteiger partial charge on any atom is 0.328 e. The Hall–Kier alpha value is -2.36. The van der Waals surface area contributed by atoms with E-state index in [9.17, 15) is 9.59 Å². The third kappa shape index (κ3) is 1.76. The van der Waals surface area contributed by atoms with Gasteiger partial charge in [-0.2, -0.15) is 0 Å². The van der Waals surface area contributed by atoms with Crippen LogP contribution in [0.25, 0.3) is 10.8 Å². The van der Waals surface area contributed by atoms with Crippen LogP contribution in [0.5, 0.6) is 0 Å². The van der Waals surface area contributed by atoms with E-state index in [1.807, 2.05) is 12.1 Å². The number of likely N-dealkylation sites (tertiary alicyclic amines) is 1. The van der Waals surface area contributed by atoms with Gasteiger partial charge >= 0.3 is 5.97 Å². The van der Waals surface area contributed by atoms with E-state index < -0.39 is 6.04 Å². The molecule has 2 aliphatic rings. The molecule has 0 aromatic heterocycles. The van der Waals surface area contributed by atoms with E-state index in [1.54, 1.807) is 4.90 Å². The van der Waals surface area contributed by atoms with Crippen molar-refractivity contribution in [3.8, 4) is 0 Å². The molecule has 4 heteroatoms. The van der Waals surface area contributed by atoms with Crippen LogP contribution in [0.3, 0.4) is 0 Å². The van der Waals surface area contributed by atoms with Crippen molar-refractivity contribution >= 4 is 22.6 Å². The monoisotopic (exact) mass is 295 g/mol. The molecule has 0 radical (unpaired) electrons. The number of amides is 1. The number of benzene rings is 2. The summed E-state index contributed by atoms with van der Waals surface area (Å²) in [6, 6.07) is 11.9. The highest BCUT2D eigenvalue weighted by Gasteiger charge is 2.43. The Morgan fingerprint density at radius 1 is 1.23 bits per heavy atom. The minimum atomic E-state index is -0.452. The summed E-state index contributed by atoms with van der Waals surface area (Å²) in [7, 11) is 1.38. The van der Waals surface area contributed by atoms with E-state index in [0.29, 0.717) is 12.8 Å². The van der Waals surface area contributed by atoms with Crippen LogP contribution in [0.15, 0.2) is 36.4 Å². The van der Waals surface area contributed by atoms with Gasteiger partial charge in [0.2, 0.25) is 5.91 Å². The topological polar surface area (TPSA) is 46.6 Å². The van der Waals surface area contributed by atoms with E-state index in [1.165, 1.54) is 23.4 Å². The van der Waals surface area contributed by atoms with E-state index in [4.69, 9.17) is 4.74 Å². The molecule has 1 heterocycles. The second-order valence-corrected chi connectivity index (χ2v) is 5.96. The van der Waals surface area contributed by atoms with Crippen molar-refractivity contribution in [2.75, 3.05) is 7.11 Å². The molecule has 22 heavy (non-hydrogen) atoms. The summed E-state index contributed by atoms with van der Waals surface area (Å²) in [5.41, 5.74) is 2.40. The highest BCUT2D eigenvalue weighted by Crippen LogP contribution is 2.43. The molecule has 4 nitrogen and oxygen atoms in total. The molecule has 1 aliphatic heterocycles. The van der Waals surface area contributed by atoms with Crippen LogP contribution in [0.1, 0.15) is 30.0 Å². The summed E-state index contributed by atoms with van der Waals surface area (Å²) in [5.74, 6) is -0.265. The van der Waals surface area contributed by atoms with Crippen molar-refractivity contribution < 1.29 is 14.3 Å². The number of methoxy groups -OCH3 is 1. The van der Waals surface area contributed by atoms with Gasteiger partial charge in [-0.05, 0) is 34.7 Å². The highest BCUT2D eigenvalue weighted by molar-refractivity contribution is 5.94. The molecule has 0 spiro atoms. The number of carbonyl (C=O) groups is 2. The first-order chi connectivity index (χ1) is 10.7. The molecule has 1 saturated heterocycles. The van der Waals surface area contributed by atoms with Crippen molar-refractivity contribution in [2.45, 2.75) is 31.3 Å². The Kier molecular flexibility index (Phi) is 2.93. The zero-order valence-corrected chi connectivity index (χ0v) is 12.4. The number of carbonyl (C=O) groups excluding carboxylic acids is 2. The van der Waals surface area contributed by atoms with Crippen molar-refractivity contribution in [1.82, 2.24) is 4.90 Å². The number of ether oxygens (including phenoxy) is 1. The Morgan fingerprint density at radius 3 is 2.77 bits per heavy atom. The lowest BCUT2D eigenvalue weighted by molar-refractivity contribution is -0.150. The van der Waals surface area contributed by atoms with E-state index in [2.05, 4.69) is 24.3 Å². The van der Waals surface area contributed by atoms with Gasteiger partial charge in [0.15, 0.2) is 0 Å². The van der Waals surface area contributed by atoms with Crippen molar-refractivity contribution in [3.63, 3.8) is 0 Å². The first-order valence-electron chi connectivity index (χ1n) is 7.60. The van der Waals surface area contributed by atoms with Crippen LogP contribution in [0.4, 0.5) is 0 Å². The summed E-state index contributed by atoms with van der Waals surface area (Å²) in [6.07, 6.45) is 1.74. The summed E-state index contributed by atoms with van der Waals surface area (Å²) in [5, 5.41) is 2.43. The Balaban J connectivity index is 1.80. The summed E-state index contributed by atoms with van der Waals surface area (Å²) in [6.45, 7) is 0. The molecular weight excluding hydrogens is 278 g/mol. The minimum Gasteiger partial charge on any atom is -0.467 e. The fourth-order valence-electron chi connectivity index (χ4n) is 3.92. The zero-order valence-electron chi connectivity index (χ0n) is 12.4. The summed E-state index contributed by atoms with van der Waals surface area (Å²) < 4.78 is 4.89. The fraction of sp³-hybridized carbons (Fsp3) is 0.333. The summed E-state index contributed by atoms with van der Waals surface area (Å²) in [4.78, 5) is 26.2. The quantitative estimate of drug-likeness (QED) is 0.800. The average Bonchev–Trinajstić information content (AvgIpc) is 3.09. The van der Waals surface area contributed by atoms with Crippen LogP contribution in [-0.2, 0) is 20.7 Å². The Labute approximate surface area is 128 Å². The largest absolute Gasteiger partial charge is 0.467 e. The number of esters is 1. The molecule has 1 fully saturated rings. The van der Waals surface area contributed by atoms with Crippen molar-refractivity contribution in [2.24, 2.45) is 0 Å². The van der Waals surface area contributed by atoms with Gasteiger partial charge in [-0.3, -0.25) is 4.79 Å². The predicted octanol–water partition coefficient (Wildman–Crippen LogP) is 2.60. The molecule has 1 amide bonds. The lowest BCUT2D eigenvalue weighted by Crippen LogP contribution is -2.41. The van der Waals surface area contributed by atoms with Gasteiger partial charge < -0.3 is 9.64 Å². The number of rotatable bonds is 2. The predicted molar refractivity (Wildman–Crippen MR) is 82.3 cm³/mol. The molecule has 2 atom stereocenters. The normalized spacial score (nSPS) is 23.3. The SMILES string of the molecule is COC(=O)C1CCC(=O)N1C1Cc2cccc3cccc1c23. The molecule has 112 valence electrons. The van der Waals surface area contributed by atoms with E-state index in [-0.39, 0.29) is 17.9 Å². The maximum atomic E-state index is 12.4. The van der Waals surface area contributed by atoms with E-state index in [0.717, 1.165) is 12.0 Å². The molecule has 4 rings (SSSR count). The number of hydrogen-bond donors (Lipinski definition) is 0. The number of hydrogen-bond acceptors (Lipinski definition) is 3. The molecule has 0 N–H and O–H groups in total. The fourth-order valence-corrected chi connectivity index (χ4v) is 3.92. The molecule has 2 aromatic rings. The highest BCUT2D eigenvalue weighted by atomic mass is 16.5. The smallest absolute Gasteiger partial charge is 0.328 e. The van der Waals surface area contributed by atoms with Gasteiger partial charge in [0.25, 0.3) is 0 Å². The number of nitrogens with zero attached hydrogens (tertiary/aromatic N) is 1. The molecule has 0 bridgehead atoms. The van der Waals surface area contributed by atoms with Gasteiger partial charge in [0.05, 0.1) is 13.2 Å². The van der Waals surface area contributed by atoms with Crippen LogP contribution in [0.2, 0.25) is 0 Å². The molecule has 1 aliphatic carbocycles. The molecule has 2 aromatic carbocycles. The first kappa shape index (κ1) is 13.3. The van der Waals surface area contributed by atoms with Gasteiger partial charge in [-0.15, -0.1) is 0 Å². The minimum absolute atomic E-state index is 0.0465. The van der Waals surface area contributed by atoms with Crippen LogP contribution < -0.4 is 0 Å². The second kappa shape index (κ2) is 4.83. The maximum absolute atomic E-state index is 12.4. The third-order valence-corrected chi connectivity index (χ3v) is 4.86. The molecular formula is C18H17NO3. The first-order valence-corrected chi connectivity index (χ1v) is 7.60. The zero-order chi connectivity index (χ0) is 15.3. The third-order valence-electron chi connectivity index (χ3n) is 4.86. The van der Waals surface area contributed by atoms with Crippen LogP contribution in [-0.4, -0.2) is 29.9 Å². The Bertz CT molecular complexity index is 778. The van der Waals surface area contributed by atoms with Gasteiger partial charge in [0, 0.05) is 6.42 Å². The molecule has 0 saturated carbocycles. The van der Waals surface area contributed by atoms with E-state index >= 15 is 0 Å². The van der Waals surface area contributed by atoms with Crippen molar-refractivity contribution in [1.29, 1.82) is 0 Å². The van der Waals surface area contributed by atoms with Gasteiger partial charge in [-0.1, -0.05) is 36.4 Å². The summed E-state index contributed by atoms with van der Waals surface area (Å²) >= 11 is 0. The second-order valence-electron chi connectivity index (χ2n) is 5.96. The van der Waals surface area contributed by atoms with Crippen molar-refractivity contribution in [3.05, 3.63) is 47.5 Å². The average molecular weight is 295 g/mol. The Morgan fingerprint density at radius 2 is 2.00 bits per heavy atom. The van der Waals surface area contributed by atoms with Gasteiger partial charge in [0.1, 0.15) is 6.04 Å². The molecule has 2 unspecified atom stereocenters. The standard InChI is InChI=1S/C18H17NO3/c1-22-18(21)14-8-9-16(20)19(14)15-10-12-6-2-4-11-5-3-7-13(15)17(11)12/h2-7,14-15H,8-10H2,1H3. The lowest BCUT2D eigenvalue weighted by atomic mass is 10.0.